The van der Waals surface area contributed by atoms with E-state index in [1.165, 1.54) is 0 Å². The molecule has 0 aliphatic carbocycles. The minimum absolute atomic E-state index is 0.150. The molecule has 2 amide bonds. The Labute approximate surface area is 122 Å². The lowest BCUT2D eigenvalue weighted by molar-refractivity contribution is 0.0695. The number of aromatic carboxylic acids is 1. The number of rotatable bonds is 4. The molecular formula is C14H18N2O3S. The van der Waals surface area contributed by atoms with E-state index in [1.54, 1.807) is 28.8 Å². The number of thioether (sulfide) groups is 1. The molecule has 1 aliphatic rings. The van der Waals surface area contributed by atoms with Crippen LogP contribution in [-0.4, -0.2) is 42.2 Å². The minimum atomic E-state index is -0.938. The fourth-order valence-corrected chi connectivity index (χ4v) is 2.70. The van der Waals surface area contributed by atoms with E-state index in [9.17, 15) is 14.7 Å². The number of nitrogens with zero attached hydrogens (tertiary/aromatic N) is 1. The zero-order valence-electron chi connectivity index (χ0n) is 11.4. The van der Waals surface area contributed by atoms with Gasteiger partial charge in [0.15, 0.2) is 0 Å². The lowest BCUT2D eigenvalue weighted by Crippen LogP contribution is -2.43. The average molecular weight is 294 g/mol. The quantitative estimate of drug-likeness (QED) is 0.835. The predicted molar refractivity (Wildman–Crippen MR) is 80.8 cm³/mol. The molecule has 2 rings (SSSR count). The SMILES string of the molecule is CSCCNC(=O)N1CCCc2c(C(=O)O)cccc21. The van der Waals surface area contributed by atoms with Gasteiger partial charge in [0.1, 0.15) is 0 Å². The second kappa shape index (κ2) is 6.65. The first-order valence-electron chi connectivity index (χ1n) is 6.54. The van der Waals surface area contributed by atoms with Gasteiger partial charge >= 0.3 is 12.0 Å². The topological polar surface area (TPSA) is 69.6 Å². The van der Waals surface area contributed by atoms with Gasteiger partial charge in [-0.25, -0.2) is 9.59 Å². The molecular weight excluding hydrogens is 276 g/mol. The predicted octanol–water partition coefficient (Wildman–Crippen LogP) is 2.21. The molecule has 0 bridgehead atoms. The minimum Gasteiger partial charge on any atom is -0.478 e. The van der Waals surface area contributed by atoms with Gasteiger partial charge in [-0.15, -0.1) is 0 Å². The number of carbonyl (C=O) groups is 2. The van der Waals surface area contributed by atoms with Crippen LogP contribution in [0.5, 0.6) is 0 Å². The molecule has 1 heterocycles. The Morgan fingerprint density at radius 2 is 2.25 bits per heavy atom. The van der Waals surface area contributed by atoms with Crippen molar-refractivity contribution in [3.8, 4) is 0 Å². The molecule has 108 valence electrons. The number of carboxylic acids is 1. The van der Waals surface area contributed by atoms with Crippen molar-refractivity contribution in [3.63, 3.8) is 0 Å². The maximum absolute atomic E-state index is 12.2. The third-order valence-electron chi connectivity index (χ3n) is 3.31. The number of amides is 2. The van der Waals surface area contributed by atoms with Gasteiger partial charge in [0, 0.05) is 24.5 Å². The van der Waals surface area contributed by atoms with Crippen LogP contribution in [0.3, 0.4) is 0 Å². The highest BCUT2D eigenvalue weighted by molar-refractivity contribution is 7.98. The van der Waals surface area contributed by atoms with Gasteiger partial charge in [-0.2, -0.15) is 11.8 Å². The molecule has 2 N–H and O–H groups in total. The summed E-state index contributed by atoms with van der Waals surface area (Å²) in [5.74, 6) is -0.0757. The summed E-state index contributed by atoms with van der Waals surface area (Å²) in [5.41, 5.74) is 1.77. The lowest BCUT2D eigenvalue weighted by Gasteiger charge is -2.30. The molecule has 6 heteroatoms. The fraction of sp³-hybridized carbons (Fsp3) is 0.429. The number of anilines is 1. The molecule has 0 aromatic heterocycles. The number of carboxylic acid groups (broad SMARTS) is 1. The molecule has 0 unspecified atom stereocenters. The van der Waals surface area contributed by atoms with Crippen molar-refractivity contribution in [2.75, 3.05) is 30.0 Å². The molecule has 0 radical (unpaired) electrons. The Bertz CT molecular complexity index is 519. The van der Waals surface area contributed by atoms with E-state index in [0.29, 0.717) is 25.1 Å². The largest absolute Gasteiger partial charge is 0.478 e. The maximum Gasteiger partial charge on any atom is 0.336 e. The summed E-state index contributed by atoms with van der Waals surface area (Å²) in [4.78, 5) is 25.1. The summed E-state index contributed by atoms with van der Waals surface area (Å²) in [6.45, 7) is 1.24. The van der Waals surface area contributed by atoms with E-state index in [4.69, 9.17) is 0 Å². The summed E-state index contributed by atoms with van der Waals surface area (Å²) in [5, 5.41) is 12.1. The molecule has 1 aromatic rings. The Morgan fingerprint density at radius 1 is 1.45 bits per heavy atom. The number of carbonyl (C=O) groups excluding carboxylic acids is 1. The van der Waals surface area contributed by atoms with Crippen LogP contribution < -0.4 is 10.2 Å². The van der Waals surface area contributed by atoms with Gasteiger partial charge in [0.2, 0.25) is 0 Å². The highest BCUT2D eigenvalue weighted by atomic mass is 32.2. The van der Waals surface area contributed by atoms with Crippen LogP contribution in [0, 0.1) is 0 Å². The molecule has 0 fully saturated rings. The molecule has 0 saturated carbocycles. The van der Waals surface area contributed by atoms with Crippen molar-refractivity contribution in [1.82, 2.24) is 5.32 Å². The van der Waals surface area contributed by atoms with Crippen molar-refractivity contribution < 1.29 is 14.7 Å². The highest BCUT2D eigenvalue weighted by Gasteiger charge is 2.25. The third-order valence-corrected chi connectivity index (χ3v) is 3.92. The second-order valence-electron chi connectivity index (χ2n) is 4.59. The monoisotopic (exact) mass is 294 g/mol. The number of fused-ring (bicyclic) bond motifs is 1. The number of urea groups is 1. The first kappa shape index (κ1) is 14.7. The smallest absolute Gasteiger partial charge is 0.336 e. The van der Waals surface area contributed by atoms with E-state index in [-0.39, 0.29) is 6.03 Å². The van der Waals surface area contributed by atoms with Crippen LogP contribution in [0.15, 0.2) is 18.2 Å². The standard InChI is InChI=1S/C14H18N2O3S/c1-20-9-7-15-14(19)16-8-3-5-10-11(13(17)18)4-2-6-12(10)16/h2,4,6H,3,5,7-9H2,1H3,(H,15,19)(H,17,18). The summed E-state index contributed by atoms with van der Waals surface area (Å²) >= 11 is 1.67. The molecule has 5 nitrogen and oxygen atoms in total. The Balaban J connectivity index is 2.22. The van der Waals surface area contributed by atoms with Gasteiger partial charge in [0.25, 0.3) is 0 Å². The summed E-state index contributed by atoms with van der Waals surface area (Å²) < 4.78 is 0. The van der Waals surface area contributed by atoms with Gasteiger partial charge in [-0.1, -0.05) is 6.07 Å². The van der Waals surface area contributed by atoms with Gasteiger partial charge in [-0.05, 0) is 36.8 Å². The van der Waals surface area contributed by atoms with Crippen LogP contribution in [-0.2, 0) is 6.42 Å². The molecule has 1 aromatic carbocycles. The van der Waals surface area contributed by atoms with E-state index in [2.05, 4.69) is 5.32 Å². The summed E-state index contributed by atoms with van der Waals surface area (Å²) in [6.07, 6.45) is 3.47. The van der Waals surface area contributed by atoms with Gasteiger partial charge < -0.3 is 10.4 Å². The van der Waals surface area contributed by atoms with Crippen molar-refractivity contribution in [2.24, 2.45) is 0 Å². The highest BCUT2D eigenvalue weighted by Crippen LogP contribution is 2.29. The Morgan fingerprint density at radius 3 is 2.95 bits per heavy atom. The van der Waals surface area contributed by atoms with Crippen LogP contribution in [0.1, 0.15) is 22.3 Å². The van der Waals surface area contributed by atoms with E-state index >= 15 is 0 Å². The zero-order chi connectivity index (χ0) is 14.5. The fourth-order valence-electron chi connectivity index (χ4n) is 2.39. The lowest BCUT2D eigenvalue weighted by atomic mass is 9.96. The molecule has 0 saturated heterocycles. The summed E-state index contributed by atoms with van der Waals surface area (Å²) in [6, 6.07) is 4.95. The van der Waals surface area contributed by atoms with E-state index in [1.807, 2.05) is 12.3 Å². The van der Waals surface area contributed by atoms with Crippen LogP contribution >= 0.6 is 11.8 Å². The van der Waals surface area contributed by atoms with Crippen molar-refractivity contribution in [1.29, 1.82) is 0 Å². The van der Waals surface area contributed by atoms with Gasteiger partial charge in [0.05, 0.1) is 5.56 Å². The first-order chi connectivity index (χ1) is 9.65. The number of nitrogens with one attached hydrogen (secondary N) is 1. The summed E-state index contributed by atoms with van der Waals surface area (Å²) in [7, 11) is 0. The van der Waals surface area contributed by atoms with E-state index in [0.717, 1.165) is 23.4 Å². The molecule has 1 aliphatic heterocycles. The van der Waals surface area contributed by atoms with Crippen LogP contribution in [0.25, 0.3) is 0 Å². The number of benzene rings is 1. The van der Waals surface area contributed by atoms with Gasteiger partial charge in [-0.3, -0.25) is 4.90 Å². The molecule has 0 spiro atoms. The van der Waals surface area contributed by atoms with Crippen molar-refractivity contribution in [3.05, 3.63) is 29.3 Å². The van der Waals surface area contributed by atoms with E-state index < -0.39 is 5.97 Å². The number of hydrogen-bond donors (Lipinski definition) is 2. The number of hydrogen-bond acceptors (Lipinski definition) is 3. The average Bonchev–Trinajstić information content (AvgIpc) is 2.46. The van der Waals surface area contributed by atoms with Crippen molar-refractivity contribution >= 4 is 29.4 Å². The normalized spacial score (nSPS) is 13.8. The second-order valence-corrected chi connectivity index (χ2v) is 5.57. The zero-order valence-corrected chi connectivity index (χ0v) is 12.2. The molecule has 0 atom stereocenters. The van der Waals surface area contributed by atoms with Crippen LogP contribution in [0.2, 0.25) is 0 Å². The van der Waals surface area contributed by atoms with Crippen molar-refractivity contribution in [2.45, 2.75) is 12.8 Å². The molecule has 20 heavy (non-hydrogen) atoms. The third kappa shape index (κ3) is 3.07. The van der Waals surface area contributed by atoms with Crippen LogP contribution in [0.4, 0.5) is 10.5 Å². The first-order valence-corrected chi connectivity index (χ1v) is 7.94. The maximum atomic E-state index is 12.2. The Hall–Kier alpha value is -1.69. The Kier molecular flexibility index (Phi) is 4.89.